The second-order valence-electron chi connectivity index (χ2n) is 20.3. The van der Waals surface area contributed by atoms with E-state index in [-0.39, 0.29) is 80.7 Å². The molecule has 8 aromatic rings. The minimum absolute atomic E-state index is 0.00127. The molecule has 24 heteroatoms. The van der Waals surface area contributed by atoms with Gasteiger partial charge in [-0.25, -0.2) is 16.8 Å². The third kappa shape index (κ3) is 16.4. The minimum Gasteiger partial charge on any atom is -0.493 e. The number of aromatic nitrogens is 2. The van der Waals surface area contributed by atoms with Crippen molar-refractivity contribution in [3.05, 3.63) is 181 Å². The quantitative estimate of drug-likeness (QED) is 0.0540. The Morgan fingerprint density at radius 3 is 1.59 bits per heavy atom. The van der Waals surface area contributed by atoms with E-state index in [9.17, 15) is 31.5 Å². The van der Waals surface area contributed by atoms with E-state index < -0.39 is 50.2 Å². The fourth-order valence-electron chi connectivity index (χ4n) is 9.80. The van der Waals surface area contributed by atoms with Crippen LogP contribution >= 0.6 is 0 Å². The minimum atomic E-state index is -4.14. The van der Waals surface area contributed by atoms with Crippen LogP contribution in [0.4, 0.5) is 0 Å². The van der Waals surface area contributed by atoms with E-state index in [2.05, 4.69) is 15.3 Å². The van der Waals surface area contributed by atoms with Crippen LogP contribution in [0, 0.1) is 0 Å². The summed E-state index contributed by atoms with van der Waals surface area (Å²) in [6, 6.07) is 44.0. The van der Waals surface area contributed by atoms with Crippen LogP contribution in [0.15, 0.2) is 180 Å². The van der Waals surface area contributed by atoms with E-state index in [0.717, 1.165) is 49.6 Å². The molecule has 464 valence electrons. The first kappa shape index (κ1) is 64.0. The van der Waals surface area contributed by atoms with Gasteiger partial charge in [0.1, 0.15) is 62.2 Å². The first-order chi connectivity index (χ1) is 42.7. The van der Waals surface area contributed by atoms with Crippen molar-refractivity contribution < 1.29 is 74.2 Å². The van der Waals surface area contributed by atoms with Crippen molar-refractivity contribution in [2.75, 3.05) is 94.1 Å². The van der Waals surface area contributed by atoms with Crippen molar-refractivity contribution in [1.29, 1.82) is 0 Å². The number of hydrogen-bond acceptors (Lipinski definition) is 20. The van der Waals surface area contributed by atoms with E-state index in [4.69, 9.17) is 42.6 Å². The molecule has 6 aromatic carbocycles. The van der Waals surface area contributed by atoms with Crippen LogP contribution in [0.5, 0.6) is 34.5 Å². The van der Waals surface area contributed by atoms with Crippen LogP contribution in [-0.4, -0.2) is 176 Å². The molecule has 2 unspecified atom stereocenters. The molecule has 22 nitrogen and oxygen atoms in total. The van der Waals surface area contributed by atoms with Crippen molar-refractivity contribution in [2.24, 2.45) is 0 Å². The number of piperazine rings is 2. The molecule has 2 aromatic heterocycles. The predicted molar refractivity (Wildman–Crippen MR) is 326 cm³/mol. The highest BCUT2D eigenvalue weighted by atomic mass is 32.2. The number of fused-ring (bicyclic) bond motifs is 2. The lowest BCUT2D eigenvalue weighted by Crippen LogP contribution is -2.59. The van der Waals surface area contributed by atoms with E-state index in [1.165, 1.54) is 69.1 Å². The number of epoxide rings is 1. The Morgan fingerprint density at radius 2 is 1.08 bits per heavy atom. The highest BCUT2D eigenvalue weighted by Crippen LogP contribution is 2.34. The molecule has 4 atom stereocenters. The van der Waals surface area contributed by atoms with Crippen LogP contribution in [0.3, 0.4) is 0 Å². The van der Waals surface area contributed by atoms with Gasteiger partial charge in [-0.2, -0.15) is 8.61 Å². The van der Waals surface area contributed by atoms with E-state index in [0.29, 0.717) is 36.1 Å². The maximum Gasteiger partial charge on any atom is 0.326 e. The molecule has 0 bridgehead atoms. The molecule has 3 saturated heterocycles. The Bertz CT molecular complexity index is 3840. The number of nitrogens with one attached hydrogen (secondary N) is 1. The van der Waals surface area contributed by atoms with Crippen molar-refractivity contribution in [2.45, 2.75) is 47.3 Å². The van der Waals surface area contributed by atoms with E-state index in [1.54, 1.807) is 12.4 Å². The lowest BCUT2D eigenvalue weighted by atomic mass is 10.2. The van der Waals surface area contributed by atoms with Crippen molar-refractivity contribution in [3.63, 3.8) is 0 Å². The Labute approximate surface area is 511 Å². The molecule has 5 heterocycles. The molecular weight excluding hydrogens is 1170 g/mol. The number of esters is 2. The number of methoxy groups -OCH3 is 4. The number of rotatable bonds is 22. The first-order valence-corrected chi connectivity index (χ1v) is 31.1. The number of aliphatic hydroxyl groups excluding tert-OH is 1. The third-order valence-corrected chi connectivity index (χ3v) is 18.3. The van der Waals surface area contributed by atoms with Gasteiger partial charge in [0.15, 0.2) is 23.0 Å². The fourth-order valence-corrected chi connectivity index (χ4v) is 13.0. The second kappa shape index (κ2) is 30.4. The van der Waals surface area contributed by atoms with Gasteiger partial charge in [0.25, 0.3) is 0 Å². The molecule has 3 fully saturated rings. The Morgan fingerprint density at radius 1 is 0.580 bits per heavy atom. The maximum absolute atomic E-state index is 13.9. The van der Waals surface area contributed by atoms with Gasteiger partial charge < -0.3 is 53.1 Å². The SMILES string of the molecule is COc1ccc(S(=O)(=O)N2CCN(C[C@@H](O)COc3cccc4ncccc34)CC2C(=O)OCc2ccccc2)cc1OC.COc1ccc(S(=O)(=O)N2CCNCC2C(=O)OCc2ccccc2)cc1OC.c1cc(OC[C@@H]2CO2)c2cccnc2c1. The van der Waals surface area contributed by atoms with Gasteiger partial charge in [-0.05, 0) is 83.9 Å². The summed E-state index contributed by atoms with van der Waals surface area (Å²) in [4.78, 5) is 36.6. The second-order valence-corrected chi connectivity index (χ2v) is 24.1. The highest BCUT2D eigenvalue weighted by molar-refractivity contribution is 7.89. The highest BCUT2D eigenvalue weighted by Gasteiger charge is 2.42. The predicted octanol–water partition coefficient (Wildman–Crippen LogP) is 6.53. The van der Waals surface area contributed by atoms with Crippen molar-refractivity contribution in [1.82, 2.24) is 28.8 Å². The number of hydrogen-bond donors (Lipinski definition) is 2. The molecule has 2 N–H and O–H groups in total. The smallest absolute Gasteiger partial charge is 0.326 e. The van der Waals surface area contributed by atoms with Crippen LogP contribution in [0.25, 0.3) is 21.8 Å². The summed E-state index contributed by atoms with van der Waals surface area (Å²) in [5.74, 6) is 1.56. The lowest BCUT2D eigenvalue weighted by Gasteiger charge is -2.39. The lowest BCUT2D eigenvalue weighted by molar-refractivity contribution is -0.152. The average molecular weight is 1240 g/mol. The summed E-state index contributed by atoms with van der Waals surface area (Å²) in [5, 5.41) is 15.8. The Kier molecular flexibility index (Phi) is 22.2. The number of sulfonamides is 2. The number of benzene rings is 6. The van der Waals surface area contributed by atoms with Gasteiger partial charge in [-0.1, -0.05) is 72.8 Å². The summed E-state index contributed by atoms with van der Waals surface area (Å²) < 4.78 is 105. The number of nitrogens with zero attached hydrogens (tertiary/aromatic N) is 5. The van der Waals surface area contributed by atoms with Crippen molar-refractivity contribution in [3.8, 4) is 34.5 Å². The normalized spacial score (nSPS) is 17.4. The van der Waals surface area contributed by atoms with Gasteiger partial charge in [-0.15, -0.1) is 0 Å². The largest absolute Gasteiger partial charge is 0.493 e. The summed E-state index contributed by atoms with van der Waals surface area (Å²) in [7, 11) is -2.29. The molecular formula is C64H70N6O16S2. The number of β-amino-alcohol motifs (C(OH)–C–C–N with tert-alkyl or cyclic N) is 1. The third-order valence-electron chi connectivity index (χ3n) is 14.5. The van der Waals surface area contributed by atoms with Crippen molar-refractivity contribution >= 4 is 53.8 Å². The monoisotopic (exact) mass is 1240 g/mol. The number of aliphatic hydroxyl groups is 1. The number of pyridine rings is 2. The van der Waals surface area contributed by atoms with E-state index >= 15 is 0 Å². The molecule has 3 aliphatic rings. The molecule has 11 rings (SSSR count). The summed E-state index contributed by atoms with van der Waals surface area (Å²) in [5.41, 5.74) is 3.35. The molecule has 88 heavy (non-hydrogen) atoms. The molecule has 0 aliphatic carbocycles. The zero-order valence-electron chi connectivity index (χ0n) is 49.1. The number of ether oxygens (including phenoxy) is 9. The molecule has 0 spiro atoms. The molecule has 3 aliphatic heterocycles. The maximum atomic E-state index is 13.9. The van der Waals surface area contributed by atoms with Crippen LogP contribution in [0.1, 0.15) is 11.1 Å². The summed E-state index contributed by atoms with van der Waals surface area (Å²) >= 11 is 0. The summed E-state index contributed by atoms with van der Waals surface area (Å²) in [6.07, 6.45) is 2.87. The van der Waals surface area contributed by atoms with Crippen LogP contribution < -0.4 is 33.7 Å². The van der Waals surface area contributed by atoms with Gasteiger partial charge in [0.2, 0.25) is 20.0 Å². The van der Waals surface area contributed by atoms with E-state index in [1.807, 2.05) is 126 Å². The fraction of sp³-hybridized carbons (Fsp3) is 0.312. The topological polar surface area (TPSA) is 257 Å². The standard InChI is InChI=1S/C32H35N3O8S.C20H24N2O6S.C12H11NO2/c1-40-30-14-13-25(18-31(30)41-2)44(38,39)35-17-16-34(20-28(35)32(37)43-21-23-8-4-3-5-9-23)19-24(36)22-42-29-12-6-11-27-26(29)10-7-15-33-27;1-26-18-9-8-16(12-19(18)27-2)29(24,25)22-11-10-21-13-17(22)20(23)28-14-15-6-4-3-5-7-15;1-4-11-10(3-2-6-13-11)12(5-1)15-8-9-7-14-9/h3-15,18,24,28,36H,16-17,19-22H2,1-2H3;3-9,12,17,21H,10-11,13-14H2,1-2H3;1-6,9H,7-8H2/t24-,28?;;9-/m1.0/s1. The average Bonchev–Trinajstić information content (AvgIpc) is 1.53. The zero-order chi connectivity index (χ0) is 62.0. The van der Waals surface area contributed by atoms with Gasteiger partial charge >= 0.3 is 11.9 Å². The van der Waals surface area contributed by atoms with Gasteiger partial charge in [0.05, 0.1) is 55.9 Å². The van der Waals surface area contributed by atoms with Crippen LogP contribution in [0.2, 0.25) is 0 Å². The number of carbonyl (C=O) groups is 2. The van der Waals surface area contributed by atoms with Gasteiger partial charge in [0, 0.05) is 81.1 Å². The Balaban J connectivity index is 0.000000178. The zero-order valence-corrected chi connectivity index (χ0v) is 50.7. The van der Waals surface area contributed by atoms with Gasteiger partial charge in [-0.3, -0.25) is 24.5 Å². The Hall–Kier alpha value is -8.46. The first-order valence-electron chi connectivity index (χ1n) is 28.2. The molecule has 0 amide bonds. The number of carbonyl (C=O) groups excluding carboxylic acids is 2. The molecule has 0 saturated carbocycles. The molecule has 0 radical (unpaired) electrons. The van der Waals surface area contributed by atoms with Crippen LogP contribution in [-0.2, 0) is 57.1 Å². The summed E-state index contributed by atoms with van der Waals surface area (Å²) in [6.45, 7) is 2.78.